The number of fused-ring (bicyclic) bond motifs is 3. The normalized spacial score (nSPS) is 20.7. The molecule has 5 rings (SSSR count). The summed E-state index contributed by atoms with van der Waals surface area (Å²) in [6, 6.07) is 13.4. The number of piperazine rings is 1. The number of hydrogen-bond acceptors (Lipinski definition) is 5. The van der Waals surface area contributed by atoms with Crippen LogP contribution in [0.5, 0.6) is 0 Å². The van der Waals surface area contributed by atoms with E-state index in [0.717, 1.165) is 35.1 Å². The van der Waals surface area contributed by atoms with E-state index in [9.17, 15) is 9.18 Å². The zero-order valence-corrected chi connectivity index (χ0v) is 16.6. The van der Waals surface area contributed by atoms with Gasteiger partial charge >= 0.3 is 0 Å². The van der Waals surface area contributed by atoms with Gasteiger partial charge in [-0.25, -0.2) is 9.37 Å². The minimum Gasteiger partial charge on any atom is -0.367 e. The van der Waals surface area contributed by atoms with Gasteiger partial charge in [0.2, 0.25) is 5.91 Å². The quantitative estimate of drug-likeness (QED) is 0.652. The lowest BCUT2D eigenvalue weighted by Crippen LogP contribution is -2.56. The number of ether oxygens (including phenoxy) is 1. The predicted molar refractivity (Wildman–Crippen MR) is 111 cm³/mol. The molecule has 2 fully saturated rings. The molecule has 0 aliphatic carbocycles. The van der Waals surface area contributed by atoms with Gasteiger partial charge in [0.15, 0.2) is 0 Å². The number of carbonyl (C=O) groups is 1. The van der Waals surface area contributed by atoms with Gasteiger partial charge < -0.3 is 14.5 Å². The number of aromatic nitrogens is 2. The van der Waals surface area contributed by atoms with E-state index in [2.05, 4.69) is 14.9 Å². The van der Waals surface area contributed by atoms with Crippen molar-refractivity contribution in [1.29, 1.82) is 0 Å². The Balaban J connectivity index is 1.19. The summed E-state index contributed by atoms with van der Waals surface area (Å²) < 4.78 is 19.0. The Labute approximate surface area is 174 Å². The molecule has 0 spiro atoms. The van der Waals surface area contributed by atoms with Crippen LogP contribution in [0.3, 0.4) is 0 Å². The van der Waals surface area contributed by atoms with Crippen molar-refractivity contribution in [2.75, 3.05) is 24.6 Å². The van der Waals surface area contributed by atoms with Crippen molar-refractivity contribution in [3.63, 3.8) is 0 Å². The summed E-state index contributed by atoms with van der Waals surface area (Å²) in [7, 11) is 0. The number of rotatable bonds is 5. The summed E-state index contributed by atoms with van der Waals surface area (Å²) in [5, 5.41) is 1.05. The second-order valence-electron chi connectivity index (χ2n) is 7.91. The molecule has 4 heterocycles. The van der Waals surface area contributed by atoms with Gasteiger partial charge in [-0.3, -0.25) is 9.78 Å². The van der Waals surface area contributed by atoms with Crippen LogP contribution in [-0.4, -0.2) is 52.6 Å². The molecule has 1 amide bonds. The van der Waals surface area contributed by atoms with Gasteiger partial charge in [0.1, 0.15) is 18.2 Å². The number of anilines is 1. The predicted octanol–water partition coefficient (Wildman–Crippen LogP) is 3.17. The van der Waals surface area contributed by atoms with E-state index < -0.39 is 0 Å². The van der Waals surface area contributed by atoms with Crippen LogP contribution in [-0.2, 0) is 16.1 Å². The van der Waals surface area contributed by atoms with Gasteiger partial charge in [-0.15, -0.1) is 0 Å². The number of likely N-dealkylation sites (tertiary alicyclic amines) is 1. The molecule has 0 radical (unpaired) electrons. The fourth-order valence-electron chi connectivity index (χ4n) is 4.63. The smallest absolute Gasteiger partial charge is 0.248 e. The minimum absolute atomic E-state index is 0.0111. The first kappa shape index (κ1) is 18.9. The maximum absolute atomic E-state index is 13.2. The molecule has 7 heteroatoms. The number of nitrogens with zero attached hydrogens (tertiary/aromatic N) is 4. The van der Waals surface area contributed by atoms with Gasteiger partial charge in [0.25, 0.3) is 0 Å². The van der Waals surface area contributed by atoms with Gasteiger partial charge in [0.05, 0.1) is 18.3 Å². The van der Waals surface area contributed by atoms with E-state index in [1.54, 1.807) is 12.3 Å². The SMILES string of the molecule is O=C(COCc1cccc2ncccc12)N1C[C@H]2CC[C@@H](C1)N2c1ccc(F)cn1. The average molecular weight is 406 g/mol. The van der Waals surface area contributed by atoms with Gasteiger partial charge in [0, 0.05) is 36.8 Å². The Kier molecular flexibility index (Phi) is 5.04. The van der Waals surface area contributed by atoms with Crippen LogP contribution in [0.1, 0.15) is 18.4 Å². The van der Waals surface area contributed by atoms with Crippen LogP contribution in [0.4, 0.5) is 10.2 Å². The van der Waals surface area contributed by atoms with E-state index >= 15 is 0 Å². The Morgan fingerprint density at radius 1 is 1.07 bits per heavy atom. The Bertz CT molecular complexity index is 1040. The monoisotopic (exact) mass is 406 g/mol. The minimum atomic E-state index is -0.334. The summed E-state index contributed by atoms with van der Waals surface area (Å²) in [4.78, 5) is 25.5. The van der Waals surface area contributed by atoms with Crippen LogP contribution >= 0.6 is 0 Å². The second kappa shape index (κ2) is 7.99. The molecule has 1 aromatic carbocycles. The molecule has 0 unspecified atom stereocenters. The van der Waals surface area contributed by atoms with Crippen molar-refractivity contribution in [2.45, 2.75) is 31.5 Å². The van der Waals surface area contributed by atoms with E-state index in [1.165, 1.54) is 12.3 Å². The second-order valence-corrected chi connectivity index (χ2v) is 7.91. The Morgan fingerprint density at radius 2 is 1.90 bits per heavy atom. The largest absolute Gasteiger partial charge is 0.367 e. The standard InChI is InChI=1S/C23H23FN4O2/c24-17-6-9-22(26-11-17)28-18-7-8-19(28)13-27(12-18)23(29)15-30-14-16-3-1-5-21-20(16)4-2-10-25-21/h1-6,9-11,18-19H,7-8,12-15H2/t18-,19+. The van der Waals surface area contributed by atoms with Gasteiger partial charge in [-0.2, -0.15) is 0 Å². The molecule has 30 heavy (non-hydrogen) atoms. The third-order valence-corrected chi connectivity index (χ3v) is 6.03. The molecular formula is C23H23FN4O2. The van der Waals surface area contributed by atoms with E-state index in [0.29, 0.717) is 19.7 Å². The summed E-state index contributed by atoms with van der Waals surface area (Å²) in [5.74, 6) is 0.466. The lowest BCUT2D eigenvalue weighted by atomic mass is 10.1. The molecule has 2 aromatic heterocycles. The fraction of sp³-hybridized carbons (Fsp3) is 0.348. The molecule has 2 saturated heterocycles. The van der Waals surface area contributed by atoms with Gasteiger partial charge in [-0.05, 0) is 42.7 Å². The highest BCUT2D eigenvalue weighted by Gasteiger charge is 2.41. The molecule has 3 aromatic rings. The highest BCUT2D eigenvalue weighted by Crippen LogP contribution is 2.33. The third-order valence-electron chi connectivity index (χ3n) is 6.03. The van der Waals surface area contributed by atoms with E-state index in [-0.39, 0.29) is 30.4 Å². The highest BCUT2D eigenvalue weighted by atomic mass is 19.1. The van der Waals surface area contributed by atoms with Crippen LogP contribution in [0, 0.1) is 5.82 Å². The van der Waals surface area contributed by atoms with Crippen LogP contribution in [0.15, 0.2) is 54.9 Å². The zero-order valence-electron chi connectivity index (χ0n) is 16.6. The first-order valence-electron chi connectivity index (χ1n) is 10.3. The van der Waals surface area contributed by atoms with Crippen molar-refractivity contribution in [3.8, 4) is 0 Å². The fourth-order valence-corrected chi connectivity index (χ4v) is 4.63. The van der Waals surface area contributed by atoms with Crippen LogP contribution < -0.4 is 4.90 Å². The first-order chi connectivity index (χ1) is 14.7. The van der Waals surface area contributed by atoms with Crippen LogP contribution in [0.2, 0.25) is 0 Å². The van der Waals surface area contributed by atoms with Crippen molar-refractivity contribution in [3.05, 3.63) is 66.2 Å². The summed E-state index contributed by atoms with van der Waals surface area (Å²) in [6.07, 6.45) is 5.05. The third kappa shape index (κ3) is 3.61. The van der Waals surface area contributed by atoms with E-state index in [1.807, 2.05) is 35.2 Å². The average Bonchev–Trinajstić information content (AvgIpc) is 3.03. The molecule has 0 N–H and O–H groups in total. The number of benzene rings is 1. The lowest BCUT2D eigenvalue weighted by Gasteiger charge is -2.41. The van der Waals surface area contributed by atoms with Crippen molar-refractivity contribution < 1.29 is 13.9 Å². The molecule has 154 valence electrons. The van der Waals surface area contributed by atoms with Crippen molar-refractivity contribution in [1.82, 2.24) is 14.9 Å². The summed E-state index contributed by atoms with van der Waals surface area (Å²) in [6.45, 7) is 1.73. The number of halogens is 1. The molecule has 2 bridgehead atoms. The Hall–Kier alpha value is -3.06. The van der Waals surface area contributed by atoms with Crippen molar-refractivity contribution >= 4 is 22.6 Å². The topological polar surface area (TPSA) is 58.6 Å². The molecular weight excluding hydrogens is 383 g/mol. The van der Waals surface area contributed by atoms with Crippen molar-refractivity contribution in [2.24, 2.45) is 0 Å². The zero-order chi connectivity index (χ0) is 20.5. The lowest BCUT2D eigenvalue weighted by molar-refractivity contribution is -0.137. The maximum Gasteiger partial charge on any atom is 0.248 e. The molecule has 0 saturated carbocycles. The number of amides is 1. The number of hydrogen-bond donors (Lipinski definition) is 0. The number of pyridine rings is 2. The van der Waals surface area contributed by atoms with E-state index in [4.69, 9.17) is 4.74 Å². The summed E-state index contributed by atoms with van der Waals surface area (Å²) >= 11 is 0. The van der Waals surface area contributed by atoms with Crippen LogP contribution in [0.25, 0.3) is 10.9 Å². The first-order valence-corrected chi connectivity index (χ1v) is 10.3. The molecule has 2 aliphatic heterocycles. The summed E-state index contributed by atoms with van der Waals surface area (Å²) in [5.41, 5.74) is 1.95. The Morgan fingerprint density at radius 3 is 2.67 bits per heavy atom. The highest BCUT2D eigenvalue weighted by molar-refractivity contribution is 5.82. The molecule has 6 nitrogen and oxygen atoms in total. The van der Waals surface area contributed by atoms with Gasteiger partial charge in [-0.1, -0.05) is 18.2 Å². The molecule has 2 atom stereocenters. The number of carbonyl (C=O) groups excluding carboxylic acids is 1. The maximum atomic E-state index is 13.2. The molecule has 2 aliphatic rings.